The van der Waals surface area contributed by atoms with Gasteiger partial charge in [0.05, 0.1) is 12.7 Å². The zero-order valence-corrected chi connectivity index (χ0v) is 19.5. The number of nitrogens with one attached hydrogen (secondary N) is 3. The third kappa shape index (κ3) is 10.3. The van der Waals surface area contributed by atoms with Crippen molar-refractivity contribution >= 4 is 23.7 Å². The first-order valence-electron chi connectivity index (χ1n) is 11.2. The Hall–Kier alpha value is -3.26. The van der Waals surface area contributed by atoms with Crippen molar-refractivity contribution < 1.29 is 39.6 Å². The number of hydrogen-bond acceptors (Lipinski definition) is 9. The van der Waals surface area contributed by atoms with Gasteiger partial charge < -0.3 is 47.8 Å². The fraction of sp³-hybridized carbons (Fsp3) is 0.545. The average molecular weight is 498 g/mol. The minimum atomic E-state index is -1.62. The number of carboxylic acid groups (broad SMARTS) is 1. The minimum absolute atomic E-state index is 0.0123. The fourth-order valence-corrected chi connectivity index (χ4v) is 3.12. The molecule has 1 aromatic rings. The van der Waals surface area contributed by atoms with Crippen LogP contribution in [-0.2, 0) is 25.6 Å². The van der Waals surface area contributed by atoms with E-state index in [4.69, 9.17) is 16.6 Å². The third-order valence-electron chi connectivity index (χ3n) is 5.17. The molecule has 35 heavy (non-hydrogen) atoms. The number of aliphatic hydroxyl groups excluding tert-OH is 2. The number of carboxylic acids is 1. The van der Waals surface area contributed by atoms with Crippen LogP contribution in [0.25, 0.3) is 0 Å². The number of rotatable bonds is 15. The van der Waals surface area contributed by atoms with Crippen LogP contribution in [0.3, 0.4) is 0 Å². The van der Waals surface area contributed by atoms with Gasteiger partial charge in [0.15, 0.2) is 6.04 Å². The molecular weight excluding hydrogens is 462 g/mol. The molecule has 0 spiro atoms. The number of benzene rings is 1. The van der Waals surface area contributed by atoms with Crippen molar-refractivity contribution in [3.05, 3.63) is 29.8 Å². The first-order valence-corrected chi connectivity index (χ1v) is 11.2. The van der Waals surface area contributed by atoms with Crippen LogP contribution in [0.15, 0.2) is 24.3 Å². The summed E-state index contributed by atoms with van der Waals surface area (Å²) in [6, 6.07) is 0.546. The largest absolute Gasteiger partial charge is 0.508 e. The first-order chi connectivity index (χ1) is 16.5. The van der Waals surface area contributed by atoms with Crippen molar-refractivity contribution in [2.75, 3.05) is 13.2 Å². The van der Waals surface area contributed by atoms with Crippen molar-refractivity contribution in [3.63, 3.8) is 0 Å². The molecule has 0 aliphatic carbocycles. The van der Waals surface area contributed by atoms with Gasteiger partial charge in [-0.25, -0.2) is 4.79 Å². The summed E-state index contributed by atoms with van der Waals surface area (Å²) in [4.78, 5) is 49.5. The summed E-state index contributed by atoms with van der Waals surface area (Å²) in [5.74, 6) is -3.85. The van der Waals surface area contributed by atoms with E-state index in [-0.39, 0.29) is 18.6 Å². The molecule has 5 atom stereocenters. The number of amides is 3. The van der Waals surface area contributed by atoms with Gasteiger partial charge in [0.2, 0.25) is 17.7 Å². The number of aliphatic carboxylic acids is 1. The van der Waals surface area contributed by atoms with E-state index in [1.54, 1.807) is 0 Å². The third-order valence-corrected chi connectivity index (χ3v) is 5.17. The maximum Gasteiger partial charge on any atom is 0.328 e. The molecule has 0 bridgehead atoms. The monoisotopic (exact) mass is 497 g/mol. The predicted molar refractivity (Wildman–Crippen MR) is 125 cm³/mol. The molecule has 3 amide bonds. The van der Waals surface area contributed by atoms with Crippen molar-refractivity contribution in [1.29, 1.82) is 0 Å². The van der Waals surface area contributed by atoms with Crippen LogP contribution < -0.4 is 27.4 Å². The number of phenolic OH excluding ortho intramolecular Hbond substituents is 1. The average Bonchev–Trinajstić information content (AvgIpc) is 2.81. The van der Waals surface area contributed by atoms with Gasteiger partial charge in [-0.3, -0.25) is 14.4 Å². The molecule has 1 rings (SSSR count). The molecule has 0 aliphatic rings. The molecular formula is C22H35N5O8. The molecule has 0 fully saturated rings. The standard InChI is InChI=1S/C22H35N5O8/c1-12(29)18(22(34)35)27-21(33)17(10-13-5-7-14(30)8-6-13)26-20(32)16(4-2-3-9-23)25-19(31)15(24)11-28/h5-8,12,15-18,28-30H,2-4,9-11,23-24H2,1H3,(H,25,31)(H,26,32)(H,27,33)(H,34,35). The lowest BCUT2D eigenvalue weighted by molar-refractivity contribution is -0.145. The van der Waals surface area contributed by atoms with Crippen LogP contribution >= 0.6 is 0 Å². The Kier molecular flexibility index (Phi) is 12.7. The summed E-state index contributed by atoms with van der Waals surface area (Å²) in [6.07, 6.45) is -0.279. The number of carbonyl (C=O) groups excluding carboxylic acids is 3. The van der Waals surface area contributed by atoms with Crippen LogP contribution in [0.1, 0.15) is 31.7 Å². The van der Waals surface area contributed by atoms with Gasteiger partial charge in [-0.15, -0.1) is 0 Å². The molecule has 1 aromatic carbocycles. The molecule has 11 N–H and O–H groups in total. The quantitative estimate of drug-likeness (QED) is 0.114. The zero-order valence-electron chi connectivity index (χ0n) is 19.5. The number of carbonyl (C=O) groups is 4. The summed E-state index contributed by atoms with van der Waals surface area (Å²) in [5.41, 5.74) is 11.6. The molecule has 0 saturated carbocycles. The lowest BCUT2D eigenvalue weighted by Crippen LogP contribution is -2.59. The number of aromatic hydroxyl groups is 1. The van der Waals surface area contributed by atoms with E-state index in [9.17, 15) is 34.5 Å². The molecule has 0 saturated heterocycles. The van der Waals surface area contributed by atoms with Gasteiger partial charge in [-0.2, -0.15) is 0 Å². The minimum Gasteiger partial charge on any atom is -0.508 e. The van der Waals surface area contributed by atoms with Crippen LogP contribution in [-0.4, -0.2) is 87.5 Å². The van der Waals surface area contributed by atoms with Gasteiger partial charge in [0, 0.05) is 6.42 Å². The van der Waals surface area contributed by atoms with Gasteiger partial charge in [0.1, 0.15) is 23.9 Å². The molecule has 0 aromatic heterocycles. The number of nitrogens with two attached hydrogens (primary N) is 2. The summed E-state index contributed by atoms with van der Waals surface area (Å²) < 4.78 is 0. The van der Waals surface area contributed by atoms with Gasteiger partial charge >= 0.3 is 5.97 Å². The van der Waals surface area contributed by atoms with Gasteiger partial charge in [0.25, 0.3) is 0 Å². The van der Waals surface area contributed by atoms with Crippen LogP contribution in [0.2, 0.25) is 0 Å². The van der Waals surface area contributed by atoms with Crippen LogP contribution in [0.4, 0.5) is 0 Å². The highest BCUT2D eigenvalue weighted by molar-refractivity contribution is 5.94. The van der Waals surface area contributed by atoms with E-state index in [2.05, 4.69) is 16.0 Å². The lowest BCUT2D eigenvalue weighted by Gasteiger charge is -2.26. The molecule has 13 heteroatoms. The number of phenols is 1. The maximum absolute atomic E-state index is 13.1. The second-order valence-corrected chi connectivity index (χ2v) is 8.13. The van der Waals surface area contributed by atoms with E-state index >= 15 is 0 Å². The molecule has 196 valence electrons. The number of unbranched alkanes of at least 4 members (excludes halogenated alkanes) is 1. The summed E-state index contributed by atoms with van der Waals surface area (Å²) in [7, 11) is 0. The van der Waals surface area contributed by atoms with E-state index in [0.29, 0.717) is 24.9 Å². The Bertz CT molecular complexity index is 849. The van der Waals surface area contributed by atoms with E-state index in [1.807, 2.05) is 0 Å². The zero-order chi connectivity index (χ0) is 26.5. The lowest BCUT2D eigenvalue weighted by atomic mass is 10.0. The Labute approximate surface area is 202 Å². The van der Waals surface area contributed by atoms with Gasteiger partial charge in [-0.05, 0) is 50.4 Å². The number of aliphatic hydroxyl groups is 2. The second kappa shape index (κ2) is 14.9. The Morgan fingerprint density at radius 2 is 1.51 bits per heavy atom. The van der Waals surface area contributed by atoms with Crippen molar-refractivity contribution in [2.24, 2.45) is 11.5 Å². The smallest absolute Gasteiger partial charge is 0.328 e. The molecule has 13 nitrogen and oxygen atoms in total. The molecule has 5 unspecified atom stereocenters. The summed E-state index contributed by atoms with van der Waals surface area (Å²) in [5, 5.41) is 44.7. The van der Waals surface area contributed by atoms with Crippen LogP contribution in [0.5, 0.6) is 5.75 Å². The summed E-state index contributed by atoms with van der Waals surface area (Å²) in [6.45, 7) is 0.922. The van der Waals surface area contributed by atoms with Crippen LogP contribution in [0, 0.1) is 0 Å². The van der Waals surface area contributed by atoms with E-state index in [0.717, 1.165) is 0 Å². The maximum atomic E-state index is 13.1. The van der Waals surface area contributed by atoms with Crippen molar-refractivity contribution in [1.82, 2.24) is 16.0 Å². The van der Waals surface area contributed by atoms with E-state index in [1.165, 1.54) is 31.2 Å². The first kappa shape index (κ1) is 29.8. The Balaban J connectivity index is 3.13. The molecule has 0 heterocycles. The normalized spacial score (nSPS) is 15.2. The highest BCUT2D eigenvalue weighted by Gasteiger charge is 2.32. The summed E-state index contributed by atoms with van der Waals surface area (Å²) >= 11 is 0. The SMILES string of the molecule is CC(O)C(NC(=O)C(Cc1ccc(O)cc1)NC(=O)C(CCCCN)NC(=O)C(N)CO)C(=O)O. The second-order valence-electron chi connectivity index (χ2n) is 8.13. The molecule has 0 radical (unpaired) electrons. The Morgan fingerprint density at radius 3 is 2.03 bits per heavy atom. The molecule has 0 aliphatic heterocycles. The Morgan fingerprint density at radius 1 is 0.943 bits per heavy atom. The highest BCUT2D eigenvalue weighted by atomic mass is 16.4. The fourth-order valence-electron chi connectivity index (χ4n) is 3.12. The van der Waals surface area contributed by atoms with Gasteiger partial charge in [-0.1, -0.05) is 12.1 Å². The van der Waals surface area contributed by atoms with E-state index < -0.39 is 60.6 Å². The van der Waals surface area contributed by atoms with Crippen molar-refractivity contribution in [3.8, 4) is 5.75 Å². The number of hydrogen-bond donors (Lipinski definition) is 9. The topological polar surface area (TPSA) is 237 Å². The highest BCUT2D eigenvalue weighted by Crippen LogP contribution is 2.12. The predicted octanol–water partition coefficient (Wildman–Crippen LogP) is -2.70. The van der Waals surface area contributed by atoms with Crippen molar-refractivity contribution in [2.45, 2.75) is 62.9 Å².